The van der Waals surface area contributed by atoms with Crippen molar-refractivity contribution < 1.29 is 0 Å². The Kier molecular flexibility index (Phi) is 1.28. The van der Waals surface area contributed by atoms with Crippen molar-refractivity contribution >= 4 is 10.9 Å². The van der Waals surface area contributed by atoms with E-state index < -0.39 is 0 Å². The maximum Gasteiger partial charge on any atom is 0.0989 e. The van der Waals surface area contributed by atoms with Gasteiger partial charge in [-0.3, -0.25) is 4.98 Å². The van der Waals surface area contributed by atoms with E-state index in [1.54, 1.807) is 18.6 Å². The van der Waals surface area contributed by atoms with Crippen molar-refractivity contribution in [3.05, 3.63) is 30.2 Å². The van der Waals surface area contributed by atoms with E-state index in [4.69, 9.17) is 0 Å². The Hall–Kier alpha value is -1.51. The third kappa shape index (κ3) is 0.941. The van der Waals surface area contributed by atoms with Crippen molar-refractivity contribution in [1.82, 2.24) is 15.2 Å². The molecule has 0 aliphatic carbocycles. The number of pyridine rings is 1. The lowest BCUT2D eigenvalue weighted by Crippen LogP contribution is -1.86. The largest absolute Gasteiger partial charge is 0.264 e. The first-order chi connectivity index (χ1) is 5.38. The van der Waals surface area contributed by atoms with Gasteiger partial charge in [0, 0.05) is 17.8 Å². The highest BCUT2D eigenvalue weighted by atomic mass is 15.1. The van der Waals surface area contributed by atoms with Gasteiger partial charge >= 0.3 is 0 Å². The highest BCUT2D eigenvalue weighted by Crippen LogP contribution is 2.10. The van der Waals surface area contributed by atoms with Crippen molar-refractivity contribution in [1.29, 1.82) is 0 Å². The number of hydrogen-bond acceptors (Lipinski definition) is 3. The molecule has 0 saturated carbocycles. The van der Waals surface area contributed by atoms with E-state index in [1.807, 2.05) is 13.0 Å². The Morgan fingerprint density at radius 3 is 3.00 bits per heavy atom. The third-order valence-corrected chi connectivity index (χ3v) is 1.61. The van der Waals surface area contributed by atoms with Gasteiger partial charge in [-0.1, -0.05) is 0 Å². The first-order valence-corrected chi connectivity index (χ1v) is 3.40. The van der Waals surface area contributed by atoms with Gasteiger partial charge in [0.25, 0.3) is 0 Å². The van der Waals surface area contributed by atoms with Crippen LogP contribution in [0.15, 0.2) is 24.7 Å². The lowest BCUT2D eigenvalue weighted by molar-refractivity contribution is 1.06. The van der Waals surface area contributed by atoms with Crippen LogP contribution in [0.1, 0.15) is 5.56 Å². The predicted molar refractivity (Wildman–Crippen MR) is 42.1 cm³/mol. The summed E-state index contributed by atoms with van der Waals surface area (Å²) in [5.41, 5.74) is 2.00. The molecular formula is C8H7N3. The number of rotatable bonds is 0. The SMILES string of the molecule is Cc1cncc2ccnnc12. The molecule has 0 unspecified atom stereocenters. The Morgan fingerprint density at radius 1 is 1.27 bits per heavy atom. The normalized spacial score (nSPS) is 10.3. The molecule has 0 spiro atoms. The average molecular weight is 145 g/mol. The van der Waals surface area contributed by atoms with Crippen LogP contribution in [0, 0.1) is 6.92 Å². The van der Waals surface area contributed by atoms with Gasteiger partial charge in [-0.2, -0.15) is 10.2 Å². The van der Waals surface area contributed by atoms with Crippen LogP contribution in [0.25, 0.3) is 10.9 Å². The number of nitrogens with zero attached hydrogens (tertiary/aromatic N) is 3. The second kappa shape index (κ2) is 2.27. The Labute approximate surface area is 64.1 Å². The molecule has 0 atom stereocenters. The summed E-state index contributed by atoms with van der Waals surface area (Å²) in [6.07, 6.45) is 5.25. The smallest absolute Gasteiger partial charge is 0.0989 e. The highest BCUT2D eigenvalue weighted by Gasteiger charge is 1.95. The molecule has 0 amide bonds. The van der Waals surface area contributed by atoms with Gasteiger partial charge in [-0.05, 0) is 18.6 Å². The summed E-state index contributed by atoms with van der Waals surface area (Å²) >= 11 is 0. The van der Waals surface area contributed by atoms with Crippen LogP contribution in [0.2, 0.25) is 0 Å². The van der Waals surface area contributed by atoms with E-state index in [0.717, 1.165) is 16.5 Å². The molecule has 54 valence electrons. The molecule has 2 rings (SSSR count). The quantitative estimate of drug-likeness (QED) is 0.561. The van der Waals surface area contributed by atoms with Crippen molar-refractivity contribution in [2.75, 3.05) is 0 Å². The summed E-state index contributed by atoms with van der Waals surface area (Å²) in [7, 11) is 0. The summed E-state index contributed by atoms with van der Waals surface area (Å²) in [6.45, 7) is 1.98. The van der Waals surface area contributed by atoms with Gasteiger partial charge < -0.3 is 0 Å². The molecule has 0 N–H and O–H groups in total. The van der Waals surface area contributed by atoms with Gasteiger partial charge in [0.05, 0.1) is 11.7 Å². The van der Waals surface area contributed by atoms with E-state index in [2.05, 4.69) is 15.2 Å². The van der Waals surface area contributed by atoms with Crippen molar-refractivity contribution in [2.45, 2.75) is 6.92 Å². The Bertz CT molecular complexity index is 378. The molecule has 0 radical (unpaired) electrons. The predicted octanol–water partition coefficient (Wildman–Crippen LogP) is 1.33. The first kappa shape index (κ1) is 6.22. The molecule has 0 bridgehead atoms. The van der Waals surface area contributed by atoms with Crippen molar-refractivity contribution in [3.63, 3.8) is 0 Å². The van der Waals surface area contributed by atoms with E-state index in [-0.39, 0.29) is 0 Å². The summed E-state index contributed by atoms with van der Waals surface area (Å²) < 4.78 is 0. The Morgan fingerprint density at radius 2 is 2.18 bits per heavy atom. The van der Waals surface area contributed by atoms with E-state index in [9.17, 15) is 0 Å². The van der Waals surface area contributed by atoms with Gasteiger partial charge in [-0.15, -0.1) is 0 Å². The molecule has 2 aromatic rings. The molecule has 2 aromatic heterocycles. The maximum absolute atomic E-state index is 4.04. The molecule has 3 heteroatoms. The standard InChI is InChI=1S/C8H7N3/c1-6-4-9-5-7-2-3-10-11-8(6)7/h2-5H,1H3. The number of fused-ring (bicyclic) bond motifs is 1. The van der Waals surface area contributed by atoms with Crippen molar-refractivity contribution in [3.8, 4) is 0 Å². The first-order valence-electron chi connectivity index (χ1n) is 3.40. The fourth-order valence-electron chi connectivity index (χ4n) is 1.04. The summed E-state index contributed by atoms with van der Waals surface area (Å²) in [5.74, 6) is 0. The Balaban J connectivity index is 2.91. The fraction of sp³-hybridized carbons (Fsp3) is 0.125. The van der Waals surface area contributed by atoms with Crippen molar-refractivity contribution in [2.24, 2.45) is 0 Å². The minimum Gasteiger partial charge on any atom is -0.264 e. The summed E-state index contributed by atoms with van der Waals surface area (Å²) in [6, 6.07) is 1.91. The summed E-state index contributed by atoms with van der Waals surface area (Å²) in [4.78, 5) is 4.04. The fourth-order valence-corrected chi connectivity index (χ4v) is 1.04. The van der Waals surface area contributed by atoms with E-state index >= 15 is 0 Å². The monoisotopic (exact) mass is 145 g/mol. The maximum atomic E-state index is 4.04. The van der Waals surface area contributed by atoms with Crippen LogP contribution in [-0.4, -0.2) is 15.2 Å². The zero-order valence-corrected chi connectivity index (χ0v) is 6.15. The topological polar surface area (TPSA) is 38.7 Å². The van der Waals surface area contributed by atoms with Crippen LogP contribution in [-0.2, 0) is 0 Å². The molecular weight excluding hydrogens is 138 g/mol. The molecule has 11 heavy (non-hydrogen) atoms. The lowest BCUT2D eigenvalue weighted by atomic mass is 10.2. The molecule has 0 aliphatic rings. The van der Waals surface area contributed by atoms with E-state index in [1.165, 1.54) is 0 Å². The molecule has 0 fully saturated rings. The van der Waals surface area contributed by atoms with Gasteiger partial charge in [0.2, 0.25) is 0 Å². The van der Waals surface area contributed by atoms with Crippen LogP contribution in [0.4, 0.5) is 0 Å². The van der Waals surface area contributed by atoms with Gasteiger partial charge in [-0.25, -0.2) is 0 Å². The highest BCUT2D eigenvalue weighted by molar-refractivity contribution is 5.79. The lowest BCUT2D eigenvalue weighted by Gasteiger charge is -1.95. The van der Waals surface area contributed by atoms with Crippen LogP contribution < -0.4 is 0 Å². The van der Waals surface area contributed by atoms with Crippen LogP contribution in [0.5, 0.6) is 0 Å². The van der Waals surface area contributed by atoms with Gasteiger partial charge in [0.15, 0.2) is 0 Å². The molecule has 2 heterocycles. The van der Waals surface area contributed by atoms with Gasteiger partial charge in [0.1, 0.15) is 0 Å². The number of aryl methyl sites for hydroxylation is 1. The zero-order chi connectivity index (χ0) is 7.68. The third-order valence-electron chi connectivity index (χ3n) is 1.61. The van der Waals surface area contributed by atoms with Crippen LogP contribution in [0.3, 0.4) is 0 Å². The molecule has 0 saturated heterocycles. The molecule has 3 nitrogen and oxygen atoms in total. The number of aromatic nitrogens is 3. The minimum absolute atomic E-state index is 0.933. The molecule has 0 aliphatic heterocycles. The second-order valence-corrected chi connectivity index (χ2v) is 2.43. The average Bonchev–Trinajstić information content (AvgIpc) is 2.06. The molecule has 0 aromatic carbocycles. The van der Waals surface area contributed by atoms with E-state index in [0.29, 0.717) is 0 Å². The minimum atomic E-state index is 0.933. The second-order valence-electron chi connectivity index (χ2n) is 2.43. The number of hydrogen-bond donors (Lipinski definition) is 0. The summed E-state index contributed by atoms with van der Waals surface area (Å²) in [5, 5.41) is 8.83. The van der Waals surface area contributed by atoms with Crippen LogP contribution >= 0.6 is 0 Å². The zero-order valence-electron chi connectivity index (χ0n) is 6.15.